The second kappa shape index (κ2) is 8.28. The van der Waals surface area contributed by atoms with Crippen LogP contribution in [0, 0.1) is 5.82 Å². The van der Waals surface area contributed by atoms with Crippen LogP contribution in [0.5, 0.6) is 5.75 Å². The summed E-state index contributed by atoms with van der Waals surface area (Å²) in [5, 5.41) is 26.2. The number of aromatic hydroxyl groups is 1. The van der Waals surface area contributed by atoms with Crippen LogP contribution in [0.25, 0.3) is 11.5 Å². The van der Waals surface area contributed by atoms with E-state index in [9.17, 15) is 9.50 Å². The highest BCUT2D eigenvalue weighted by atomic mass is 32.2. The van der Waals surface area contributed by atoms with E-state index in [0.717, 1.165) is 0 Å². The van der Waals surface area contributed by atoms with E-state index < -0.39 is 0 Å². The number of rotatable bonds is 6. The zero-order valence-electron chi connectivity index (χ0n) is 14.2. The molecular weight excluding hydrogens is 401 g/mol. The molecule has 140 valence electrons. The molecule has 2 aromatic heterocycles. The summed E-state index contributed by atoms with van der Waals surface area (Å²) in [5.74, 6) is 1.01. The zero-order chi connectivity index (χ0) is 19.3. The lowest BCUT2D eigenvalue weighted by Gasteiger charge is -1.95. The fraction of sp³-hybridized carbons (Fsp3) is 0.0556. The summed E-state index contributed by atoms with van der Waals surface area (Å²) < 4.78 is 19.3. The average Bonchev–Trinajstić information content (AvgIpc) is 3.36. The number of nitrogens with zero attached hydrogens (tertiary/aromatic N) is 5. The van der Waals surface area contributed by atoms with Crippen molar-refractivity contribution in [2.45, 2.75) is 10.1 Å². The molecule has 0 fully saturated rings. The minimum absolute atomic E-state index is 0.152. The van der Waals surface area contributed by atoms with E-state index >= 15 is 0 Å². The smallest absolute Gasteiger partial charge is 0.247 e. The van der Waals surface area contributed by atoms with E-state index in [4.69, 9.17) is 4.42 Å². The molecule has 0 atom stereocenters. The van der Waals surface area contributed by atoms with Gasteiger partial charge in [-0.05, 0) is 36.4 Å². The maximum absolute atomic E-state index is 13.0. The number of benzene rings is 2. The van der Waals surface area contributed by atoms with Crippen molar-refractivity contribution in [1.29, 1.82) is 0 Å². The third-order valence-electron chi connectivity index (χ3n) is 3.52. The van der Waals surface area contributed by atoms with Crippen LogP contribution in [-0.4, -0.2) is 31.7 Å². The fourth-order valence-electron chi connectivity index (χ4n) is 2.18. The molecule has 10 heteroatoms. The Kier molecular flexibility index (Phi) is 5.40. The summed E-state index contributed by atoms with van der Waals surface area (Å²) in [6.07, 6.45) is 1.54. The summed E-state index contributed by atoms with van der Waals surface area (Å²) in [4.78, 5) is 4.23. The first kappa shape index (κ1) is 18.3. The van der Waals surface area contributed by atoms with Crippen LogP contribution in [-0.2, 0) is 5.75 Å². The maximum Gasteiger partial charge on any atom is 0.247 e. The number of halogens is 1. The summed E-state index contributed by atoms with van der Waals surface area (Å²) in [7, 11) is 0. The first-order valence-electron chi connectivity index (χ1n) is 8.04. The molecule has 0 bridgehead atoms. The molecule has 1 N–H and O–H groups in total. The SMILES string of the molecule is Oc1ccccc1/C=N/c1nnc(SCc2nnc(-c3ccc(F)cc3)o2)s1. The number of phenols is 1. The lowest BCUT2D eigenvalue weighted by molar-refractivity contribution is 0.474. The van der Waals surface area contributed by atoms with Crippen molar-refractivity contribution < 1.29 is 13.9 Å². The van der Waals surface area contributed by atoms with Gasteiger partial charge in [-0.2, -0.15) is 0 Å². The van der Waals surface area contributed by atoms with Gasteiger partial charge in [0.05, 0.1) is 5.75 Å². The second-order valence-corrected chi connectivity index (χ2v) is 7.64. The largest absolute Gasteiger partial charge is 0.507 e. The van der Waals surface area contributed by atoms with Gasteiger partial charge in [-0.1, -0.05) is 35.2 Å². The predicted octanol–water partition coefficient (Wildman–Crippen LogP) is 4.48. The van der Waals surface area contributed by atoms with Crippen molar-refractivity contribution >= 4 is 34.4 Å². The van der Waals surface area contributed by atoms with Crippen LogP contribution in [0.1, 0.15) is 11.5 Å². The van der Waals surface area contributed by atoms with Crippen molar-refractivity contribution in [1.82, 2.24) is 20.4 Å². The Morgan fingerprint density at radius 3 is 2.71 bits per heavy atom. The molecule has 2 heterocycles. The van der Waals surface area contributed by atoms with Gasteiger partial charge in [0.2, 0.25) is 16.9 Å². The van der Waals surface area contributed by atoms with Crippen LogP contribution < -0.4 is 0 Å². The molecule has 4 aromatic rings. The summed E-state index contributed by atoms with van der Waals surface area (Å²) in [6, 6.07) is 12.7. The fourth-order valence-corrected chi connectivity index (χ4v) is 3.70. The van der Waals surface area contributed by atoms with Gasteiger partial charge >= 0.3 is 0 Å². The molecule has 28 heavy (non-hydrogen) atoms. The van der Waals surface area contributed by atoms with E-state index in [0.29, 0.717) is 38.1 Å². The summed E-state index contributed by atoms with van der Waals surface area (Å²) >= 11 is 2.71. The molecule has 2 aromatic carbocycles. The molecule has 0 saturated heterocycles. The quantitative estimate of drug-likeness (QED) is 0.368. The Bertz CT molecular complexity index is 1110. The van der Waals surface area contributed by atoms with Gasteiger partial charge in [-0.15, -0.1) is 20.4 Å². The normalized spacial score (nSPS) is 11.3. The van der Waals surface area contributed by atoms with Crippen molar-refractivity contribution in [2.24, 2.45) is 4.99 Å². The predicted molar refractivity (Wildman–Crippen MR) is 105 cm³/mol. The molecule has 0 aliphatic rings. The minimum Gasteiger partial charge on any atom is -0.507 e. The molecule has 0 aliphatic carbocycles. The third kappa shape index (κ3) is 4.41. The average molecular weight is 413 g/mol. The van der Waals surface area contributed by atoms with E-state index in [1.165, 1.54) is 41.4 Å². The van der Waals surface area contributed by atoms with Gasteiger partial charge in [-0.25, -0.2) is 9.38 Å². The van der Waals surface area contributed by atoms with Crippen molar-refractivity contribution in [3.8, 4) is 17.2 Å². The summed E-state index contributed by atoms with van der Waals surface area (Å²) in [6.45, 7) is 0. The highest BCUT2D eigenvalue weighted by Crippen LogP contribution is 2.30. The molecule has 0 saturated carbocycles. The lowest BCUT2D eigenvalue weighted by atomic mass is 10.2. The summed E-state index contributed by atoms with van der Waals surface area (Å²) in [5.41, 5.74) is 1.26. The Morgan fingerprint density at radius 1 is 1.07 bits per heavy atom. The molecule has 4 rings (SSSR count). The third-order valence-corrected chi connectivity index (χ3v) is 5.47. The standard InChI is InChI=1S/C18H12FN5O2S2/c19-13-7-5-11(6-8-13)16-22-21-15(26-16)10-27-18-24-23-17(28-18)20-9-12-3-1-2-4-14(12)25/h1-9,25H,10H2/b20-9+. The molecule has 0 unspecified atom stereocenters. The Balaban J connectivity index is 1.37. The minimum atomic E-state index is -0.323. The van der Waals surface area contributed by atoms with Crippen LogP contribution in [0.4, 0.5) is 9.52 Å². The van der Waals surface area contributed by atoms with Crippen LogP contribution in [0.2, 0.25) is 0 Å². The van der Waals surface area contributed by atoms with E-state index in [-0.39, 0.29) is 11.6 Å². The van der Waals surface area contributed by atoms with E-state index in [1.54, 1.807) is 30.3 Å². The van der Waals surface area contributed by atoms with Gasteiger partial charge < -0.3 is 9.52 Å². The van der Waals surface area contributed by atoms with Gasteiger partial charge in [0.1, 0.15) is 11.6 Å². The van der Waals surface area contributed by atoms with Crippen molar-refractivity contribution in [3.05, 3.63) is 65.8 Å². The number of thioether (sulfide) groups is 1. The van der Waals surface area contributed by atoms with Gasteiger partial charge in [0, 0.05) is 17.3 Å². The number of aliphatic imine (C=N–C) groups is 1. The topological polar surface area (TPSA) is 97.3 Å². The Labute approximate surface area is 167 Å². The van der Waals surface area contributed by atoms with Gasteiger partial charge in [0.15, 0.2) is 4.34 Å². The lowest BCUT2D eigenvalue weighted by Crippen LogP contribution is -1.80. The molecule has 0 radical (unpaired) electrons. The molecule has 0 spiro atoms. The molecule has 0 aliphatic heterocycles. The monoisotopic (exact) mass is 413 g/mol. The van der Waals surface area contributed by atoms with Crippen molar-refractivity contribution in [2.75, 3.05) is 0 Å². The first-order chi connectivity index (χ1) is 13.7. The number of aromatic nitrogens is 4. The van der Waals surface area contributed by atoms with Gasteiger partial charge in [0.25, 0.3) is 0 Å². The Morgan fingerprint density at radius 2 is 1.89 bits per heavy atom. The van der Waals surface area contributed by atoms with Crippen LogP contribution >= 0.6 is 23.1 Å². The van der Waals surface area contributed by atoms with Crippen molar-refractivity contribution in [3.63, 3.8) is 0 Å². The van der Waals surface area contributed by atoms with Gasteiger partial charge in [-0.3, -0.25) is 0 Å². The zero-order valence-corrected chi connectivity index (χ0v) is 15.8. The number of para-hydroxylation sites is 1. The van der Waals surface area contributed by atoms with E-state index in [2.05, 4.69) is 25.4 Å². The highest BCUT2D eigenvalue weighted by molar-refractivity contribution is 8.00. The molecule has 7 nitrogen and oxygen atoms in total. The highest BCUT2D eigenvalue weighted by Gasteiger charge is 2.11. The first-order valence-corrected chi connectivity index (χ1v) is 9.84. The number of phenolic OH excluding ortho intramolecular Hbond substituents is 1. The molecular formula is C18H12FN5O2S2. The molecule has 0 amide bonds. The Hall–Kier alpha value is -3.11. The maximum atomic E-state index is 13.0. The van der Waals surface area contributed by atoms with Crippen LogP contribution in [0.15, 0.2) is 62.3 Å². The van der Waals surface area contributed by atoms with Crippen LogP contribution in [0.3, 0.4) is 0 Å². The second-order valence-electron chi connectivity index (χ2n) is 5.46. The van der Waals surface area contributed by atoms with E-state index in [1.807, 2.05) is 6.07 Å². The number of hydrogen-bond donors (Lipinski definition) is 1. The number of hydrogen-bond acceptors (Lipinski definition) is 9.